The van der Waals surface area contributed by atoms with Crippen molar-refractivity contribution in [2.24, 2.45) is 5.10 Å². The zero-order chi connectivity index (χ0) is 13.8. The second-order valence-electron chi connectivity index (χ2n) is 3.51. The Morgan fingerprint density at radius 3 is 2.79 bits per heavy atom. The molecule has 98 valence electrons. The summed E-state index contributed by atoms with van der Waals surface area (Å²) in [5.41, 5.74) is 2.92. The molecule has 0 fully saturated rings. The number of hydrogen-bond acceptors (Lipinski definition) is 4. The Labute approximate surface area is 130 Å². The van der Waals surface area contributed by atoms with Crippen LogP contribution in [0, 0.1) is 0 Å². The van der Waals surface area contributed by atoms with E-state index in [1.807, 2.05) is 0 Å². The van der Waals surface area contributed by atoms with E-state index in [0.717, 1.165) is 8.26 Å². The molecule has 7 heteroatoms. The van der Waals surface area contributed by atoms with Crippen LogP contribution < -0.4 is 5.43 Å². The second-order valence-corrected chi connectivity index (χ2v) is 6.88. The summed E-state index contributed by atoms with van der Waals surface area (Å²) in [6.07, 6.45) is 1.39. The standard InChI is InChI=1S/C12H8Br2N2O2S/c13-8-1-2-9(17)7(5-8)6-15-16-12(18)10-3-4-11(14)19-10/h1-6,17H,(H,16,18)/b15-6-. The van der Waals surface area contributed by atoms with Crippen molar-refractivity contribution in [1.29, 1.82) is 0 Å². The topological polar surface area (TPSA) is 61.7 Å². The Hall–Kier alpha value is -1.18. The lowest BCUT2D eigenvalue weighted by molar-refractivity contribution is 0.0959. The van der Waals surface area contributed by atoms with Crippen LogP contribution in [0.15, 0.2) is 43.7 Å². The van der Waals surface area contributed by atoms with Crippen LogP contribution in [0.2, 0.25) is 0 Å². The number of carbonyl (C=O) groups is 1. The normalized spacial score (nSPS) is 10.8. The van der Waals surface area contributed by atoms with Crippen LogP contribution in [0.25, 0.3) is 0 Å². The van der Waals surface area contributed by atoms with Crippen LogP contribution in [0.4, 0.5) is 0 Å². The molecule has 0 atom stereocenters. The zero-order valence-corrected chi connectivity index (χ0v) is 13.4. The number of aromatic hydroxyl groups is 1. The van der Waals surface area contributed by atoms with E-state index in [1.165, 1.54) is 17.6 Å². The first kappa shape index (κ1) is 14.2. The predicted molar refractivity (Wildman–Crippen MR) is 82.9 cm³/mol. The van der Waals surface area contributed by atoms with Crippen LogP contribution in [0.5, 0.6) is 5.75 Å². The molecule has 1 aromatic carbocycles. The molecule has 0 aliphatic heterocycles. The number of thiophene rings is 1. The number of carbonyl (C=O) groups excluding carboxylic acids is 1. The van der Waals surface area contributed by atoms with Crippen molar-refractivity contribution in [3.05, 3.63) is 49.0 Å². The van der Waals surface area contributed by atoms with E-state index >= 15 is 0 Å². The molecular weight excluding hydrogens is 396 g/mol. The number of phenolic OH excluding ortho intramolecular Hbond substituents is 1. The van der Waals surface area contributed by atoms with Gasteiger partial charge in [0.15, 0.2) is 0 Å². The van der Waals surface area contributed by atoms with Gasteiger partial charge in [0, 0.05) is 10.0 Å². The summed E-state index contributed by atoms with van der Waals surface area (Å²) in [6.45, 7) is 0. The third-order valence-electron chi connectivity index (χ3n) is 2.16. The average Bonchev–Trinajstić information content (AvgIpc) is 2.80. The largest absolute Gasteiger partial charge is 0.507 e. The Kier molecular flexibility index (Phi) is 4.73. The lowest BCUT2D eigenvalue weighted by atomic mass is 10.2. The molecule has 0 spiro atoms. The minimum Gasteiger partial charge on any atom is -0.507 e. The summed E-state index contributed by atoms with van der Waals surface area (Å²) in [5, 5.41) is 13.4. The number of benzene rings is 1. The van der Waals surface area contributed by atoms with Gasteiger partial charge < -0.3 is 5.11 Å². The van der Waals surface area contributed by atoms with Crippen LogP contribution in [0.1, 0.15) is 15.2 Å². The van der Waals surface area contributed by atoms with Crippen LogP contribution in [-0.2, 0) is 0 Å². The van der Waals surface area contributed by atoms with Gasteiger partial charge in [0.05, 0.1) is 14.9 Å². The molecule has 0 bridgehead atoms. The van der Waals surface area contributed by atoms with E-state index in [1.54, 1.807) is 30.3 Å². The van der Waals surface area contributed by atoms with Crippen molar-refractivity contribution in [2.75, 3.05) is 0 Å². The van der Waals surface area contributed by atoms with Gasteiger partial charge in [-0.15, -0.1) is 11.3 Å². The molecule has 0 saturated carbocycles. The SMILES string of the molecule is O=C(N/N=C\c1cc(Br)ccc1O)c1ccc(Br)s1. The molecule has 0 aliphatic carbocycles. The van der Waals surface area contributed by atoms with E-state index in [2.05, 4.69) is 42.4 Å². The molecule has 2 aromatic rings. The summed E-state index contributed by atoms with van der Waals surface area (Å²) in [6, 6.07) is 8.46. The van der Waals surface area contributed by atoms with Gasteiger partial charge in [-0.2, -0.15) is 5.10 Å². The summed E-state index contributed by atoms with van der Waals surface area (Å²) in [7, 11) is 0. The Balaban J connectivity index is 2.04. The first-order valence-electron chi connectivity index (χ1n) is 5.13. The highest BCUT2D eigenvalue weighted by Gasteiger charge is 2.06. The Bertz CT molecular complexity index is 640. The van der Waals surface area contributed by atoms with Gasteiger partial charge in [0.1, 0.15) is 5.75 Å². The molecule has 4 nitrogen and oxygen atoms in total. The van der Waals surface area contributed by atoms with Gasteiger partial charge in [0.25, 0.3) is 5.91 Å². The molecule has 2 rings (SSSR count). The number of rotatable bonds is 3. The van der Waals surface area contributed by atoms with Crippen LogP contribution >= 0.6 is 43.2 Å². The molecule has 0 aliphatic rings. The predicted octanol–water partition coefficient (Wildman–Crippen LogP) is 3.74. The minimum atomic E-state index is -0.290. The van der Waals surface area contributed by atoms with Gasteiger partial charge in [-0.3, -0.25) is 4.79 Å². The smallest absolute Gasteiger partial charge is 0.281 e. The van der Waals surface area contributed by atoms with Crippen molar-refractivity contribution in [1.82, 2.24) is 5.43 Å². The molecule has 1 amide bonds. The van der Waals surface area contributed by atoms with Gasteiger partial charge in [-0.25, -0.2) is 5.43 Å². The van der Waals surface area contributed by atoms with Gasteiger partial charge in [0.2, 0.25) is 0 Å². The molecule has 1 aromatic heterocycles. The van der Waals surface area contributed by atoms with E-state index in [0.29, 0.717) is 10.4 Å². The number of hydrazone groups is 1. The van der Waals surface area contributed by atoms with Gasteiger partial charge in [-0.1, -0.05) is 15.9 Å². The van der Waals surface area contributed by atoms with Crippen molar-refractivity contribution in [2.45, 2.75) is 0 Å². The lowest BCUT2D eigenvalue weighted by Gasteiger charge is -1.99. The highest BCUT2D eigenvalue weighted by Crippen LogP contribution is 2.22. The highest BCUT2D eigenvalue weighted by atomic mass is 79.9. The van der Waals surface area contributed by atoms with E-state index < -0.39 is 0 Å². The number of phenols is 1. The lowest BCUT2D eigenvalue weighted by Crippen LogP contribution is -2.16. The van der Waals surface area contributed by atoms with Gasteiger partial charge in [-0.05, 0) is 46.3 Å². The Morgan fingerprint density at radius 2 is 2.11 bits per heavy atom. The van der Waals surface area contributed by atoms with Crippen molar-refractivity contribution in [3.63, 3.8) is 0 Å². The minimum absolute atomic E-state index is 0.0973. The molecule has 19 heavy (non-hydrogen) atoms. The average molecular weight is 404 g/mol. The molecular formula is C12H8Br2N2O2S. The summed E-state index contributed by atoms with van der Waals surface area (Å²) in [5.74, 6) is -0.193. The Morgan fingerprint density at radius 1 is 1.32 bits per heavy atom. The number of nitrogens with zero attached hydrogens (tertiary/aromatic N) is 1. The molecule has 0 saturated heterocycles. The van der Waals surface area contributed by atoms with Gasteiger partial charge >= 0.3 is 0 Å². The zero-order valence-electron chi connectivity index (χ0n) is 9.43. The fraction of sp³-hybridized carbons (Fsp3) is 0. The first-order valence-corrected chi connectivity index (χ1v) is 7.54. The van der Waals surface area contributed by atoms with E-state index in [4.69, 9.17) is 0 Å². The number of hydrogen-bond donors (Lipinski definition) is 2. The maximum Gasteiger partial charge on any atom is 0.281 e. The second kappa shape index (κ2) is 6.31. The maximum absolute atomic E-state index is 11.7. The number of halogens is 2. The van der Waals surface area contributed by atoms with Crippen molar-refractivity contribution < 1.29 is 9.90 Å². The van der Waals surface area contributed by atoms with Crippen LogP contribution in [-0.4, -0.2) is 17.2 Å². The quantitative estimate of drug-likeness (QED) is 0.605. The maximum atomic E-state index is 11.7. The summed E-state index contributed by atoms with van der Waals surface area (Å²) < 4.78 is 1.70. The number of nitrogens with one attached hydrogen (secondary N) is 1. The molecule has 2 N–H and O–H groups in total. The number of amides is 1. The van der Waals surface area contributed by atoms with Crippen molar-refractivity contribution >= 4 is 55.3 Å². The first-order chi connectivity index (χ1) is 9.06. The monoisotopic (exact) mass is 402 g/mol. The van der Waals surface area contributed by atoms with Crippen LogP contribution in [0.3, 0.4) is 0 Å². The third-order valence-corrected chi connectivity index (χ3v) is 4.27. The summed E-state index contributed by atoms with van der Waals surface area (Å²) >= 11 is 7.90. The van der Waals surface area contributed by atoms with E-state index in [-0.39, 0.29) is 11.7 Å². The molecule has 0 radical (unpaired) electrons. The highest BCUT2D eigenvalue weighted by molar-refractivity contribution is 9.11. The fourth-order valence-corrected chi connectivity index (χ4v) is 2.94. The molecule has 0 unspecified atom stereocenters. The van der Waals surface area contributed by atoms with E-state index in [9.17, 15) is 9.90 Å². The fourth-order valence-electron chi connectivity index (χ4n) is 1.28. The summed E-state index contributed by atoms with van der Waals surface area (Å²) in [4.78, 5) is 12.3. The third kappa shape index (κ3) is 3.89. The van der Waals surface area contributed by atoms with Crippen molar-refractivity contribution in [3.8, 4) is 5.75 Å². The molecule has 1 heterocycles.